The number of hydrogen-bond donors (Lipinski definition) is 2. The summed E-state index contributed by atoms with van der Waals surface area (Å²) in [5.74, 6) is 0. The molecule has 4 nitrogen and oxygen atoms in total. The van der Waals surface area contributed by atoms with E-state index in [1.807, 2.05) is 48.5 Å². The van der Waals surface area contributed by atoms with Crippen molar-refractivity contribution in [2.24, 2.45) is 0 Å². The molecule has 116 valence electrons. The van der Waals surface area contributed by atoms with Crippen LogP contribution in [0, 0.1) is 0 Å². The molecule has 0 saturated carbocycles. The highest BCUT2D eigenvalue weighted by Crippen LogP contribution is 2.24. The molecule has 2 rings (SSSR count). The Morgan fingerprint density at radius 3 is 2.50 bits per heavy atom. The van der Waals surface area contributed by atoms with Crippen LogP contribution in [0.3, 0.4) is 0 Å². The molecule has 0 bridgehead atoms. The first kappa shape index (κ1) is 16.3. The van der Waals surface area contributed by atoms with E-state index < -0.39 is 0 Å². The van der Waals surface area contributed by atoms with E-state index in [9.17, 15) is 4.79 Å². The fourth-order valence-electron chi connectivity index (χ4n) is 2.18. The number of aliphatic hydroxyl groups is 1. The first-order valence-electron chi connectivity index (χ1n) is 7.04. The zero-order chi connectivity index (χ0) is 15.9. The van der Waals surface area contributed by atoms with Gasteiger partial charge in [0.25, 0.3) is 0 Å². The third-order valence-corrected chi connectivity index (χ3v) is 3.60. The van der Waals surface area contributed by atoms with E-state index >= 15 is 0 Å². The summed E-state index contributed by atoms with van der Waals surface area (Å²) >= 11 is 6.07. The summed E-state index contributed by atoms with van der Waals surface area (Å²) in [4.78, 5) is 13.7. The average Bonchev–Trinajstić information content (AvgIpc) is 2.53. The van der Waals surface area contributed by atoms with Crippen LogP contribution in [0.2, 0.25) is 5.02 Å². The van der Waals surface area contributed by atoms with Gasteiger partial charge in [0.15, 0.2) is 0 Å². The normalized spacial score (nSPS) is 11.8. The number of rotatable bonds is 5. The van der Waals surface area contributed by atoms with E-state index in [4.69, 9.17) is 16.7 Å². The molecule has 0 fully saturated rings. The fraction of sp³-hybridized carbons (Fsp3) is 0.235. The van der Waals surface area contributed by atoms with Crippen LogP contribution in [-0.4, -0.2) is 36.2 Å². The van der Waals surface area contributed by atoms with Gasteiger partial charge in [-0.3, -0.25) is 0 Å². The van der Waals surface area contributed by atoms with Gasteiger partial charge in [0.2, 0.25) is 0 Å². The van der Waals surface area contributed by atoms with Crippen molar-refractivity contribution in [3.8, 4) is 0 Å². The van der Waals surface area contributed by atoms with Crippen molar-refractivity contribution < 1.29 is 9.90 Å². The van der Waals surface area contributed by atoms with Crippen LogP contribution in [0.1, 0.15) is 17.2 Å². The molecule has 1 unspecified atom stereocenters. The fourth-order valence-corrected chi connectivity index (χ4v) is 2.37. The minimum absolute atomic E-state index is 0.0723. The molecule has 0 aliphatic rings. The predicted molar refractivity (Wildman–Crippen MR) is 88.0 cm³/mol. The van der Waals surface area contributed by atoms with Crippen molar-refractivity contribution in [1.82, 2.24) is 10.2 Å². The van der Waals surface area contributed by atoms with Crippen LogP contribution >= 0.6 is 11.6 Å². The summed E-state index contributed by atoms with van der Waals surface area (Å²) < 4.78 is 0. The smallest absolute Gasteiger partial charge is 0.317 e. The van der Waals surface area contributed by atoms with Crippen LogP contribution < -0.4 is 5.32 Å². The van der Waals surface area contributed by atoms with E-state index in [1.54, 1.807) is 13.1 Å². The van der Waals surface area contributed by atoms with Gasteiger partial charge < -0.3 is 15.3 Å². The van der Waals surface area contributed by atoms with Gasteiger partial charge in [-0.25, -0.2) is 4.79 Å². The summed E-state index contributed by atoms with van der Waals surface area (Å²) in [5, 5.41) is 12.6. The van der Waals surface area contributed by atoms with E-state index in [2.05, 4.69) is 5.32 Å². The molecule has 2 amide bonds. The van der Waals surface area contributed by atoms with Crippen molar-refractivity contribution in [3.63, 3.8) is 0 Å². The molecule has 0 aromatic heterocycles. The van der Waals surface area contributed by atoms with E-state index in [0.717, 1.165) is 11.1 Å². The standard InChI is InChI=1S/C17H19ClN2O2/c1-20(10-11-21)17(22)19-16(13-6-3-2-4-7-13)14-8-5-9-15(18)12-14/h2-9,12,16,21H,10-11H2,1H3,(H,19,22). The van der Waals surface area contributed by atoms with Crippen molar-refractivity contribution >= 4 is 17.6 Å². The first-order valence-corrected chi connectivity index (χ1v) is 7.42. The van der Waals surface area contributed by atoms with Gasteiger partial charge in [-0.1, -0.05) is 54.1 Å². The summed E-state index contributed by atoms with van der Waals surface area (Å²) in [6.07, 6.45) is 0. The topological polar surface area (TPSA) is 52.6 Å². The van der Waals surface area contributed by atoms with Crippen LogP contribution in [0.5, 0.6) is 0 Å². The number of likely N-dealkylation sites (N-methyl/N-ethyl adjacent to an activating group) is 1. The number of carbonyl (C=O) groups is 1. The Labute approximate surface area is 135 Å². The number of aliphatic hydroxyl groups excluding tert-OH is 1. The third-order valence-electron chi connectivity index (χ3n) is 3.36. The maximum atomic E-state index is 12.2. The van der Waals surface area contributed by atoms with Crippen molar-refractivity contribution in [2.75, 3.05) is 20.2 Å². The Morgan fingerprint density at radius 1 is 1.18 bits per heavy atom. The highest BCUT2D eigenvalue weighted by molar-refractivity contribution is 6.30. The van der Waals surface area contributed by atoms with Gasteiger partial charge in [-0.05, 0) is 23.3 Å². The van der Waals surface area contributed by atoms with Gasteiger partial charge in [-0.15, -0.1) is 0 Å². The van der Waals surface area contributed by atoms with Crippen LogP contribution in [0.4, 0.5) is 4.79 Å². The largest absolute Gasteiger partial charge is 0.395 e. The summed E-state index contributed by atoms with van der Waals surface area (Å²) in [5.41, 5.74) is 1.87. The number of hydrogen-bond acceptors (Lipinski definition) is 2. The number of nitrogens with zero attached hydrogens (tertiary/aromatic N) is 1. The molecule has 2 N–H and O–H groups in total. The maximum Gasteiger partial charge on any atom is 0.317 e. The second kappa shape index (κ2) is 7.82. The molecule has 2 aromatic carbocycles. The maximum absolute atomic E-state index is 12.2. The molecule has 5 heteroatoms. The lowest BCUT2D eigenvalue weighted by molar-refractivity contribution is 0.188. The monoisotopic (exact) mass is 318 g/mol. The van der Waals surface area contributed by atoms with E-state index in [-0.39, 0.29) is 25.2 Å². The quantitative estimate of drug-likeness (QED) is 0.890. The number of amides is 2. The number of benzene rings is 2. The molecule has 1 atom stereocenters. The molecular formula is C17H19ClN2O2. The van der Waals surface area contributed by atoms with Crippen LogP contribution in [0.15, 0.2) is 54.6 Å². The Kier molecular flexibility index (Phi) is 5.81. The van der Waals surface area contributed by atoms with Gasteiger partial charge in [-0.2, -0.15) is 0 Å². The molecule has 0 heterocycles. The van der Waals surface area contributed by atoms with Gasteiger partial charge in [0.05, 0.1) is 12.6 Å². The lowest BCUT2D eigenvalue weighted by Crippen LogP contribution is -2.40. The molecule has 0 aliphatic carbocycles. The highest BCUT2D eigenvalue weighted by atomic mass is 35.5. The molecule has 0 aliphatic heterocycles. The zero-order valence-electron chi connectivity index (χ0n) is 12.4. The predicted octanol–water partition coefficient (Wildman–Crippen LogP) is 3.06. The van der Waals surface area contributed by atoms with Gasteiger partial charge in [0, 0.05) is 18.6 Å². The van der Waals surface area contributed by atoms with E-state index in [1.165, 1.54) is 4.90 Å². The highest BCUT2D eigenvalue weighted by Gasteiger charge is 2.18. The summed E-state index contributed by atoms with van der Waals surface area (Å²) in [6, 6.07) is 16.6. The van der Waals surface area contributed by atoms with Crippen LogP contribution in [-0.2, 0) is 0 Å². The van der Waals surface area contributed by atoms with Crippen molar-refractivity contribution in [3.05, 3.63) is 70.7 Å². The lowest BCUT2D eigenvalue weighted by atomic mass is 9.99. The second-order valence-corrected chi connectivity index (χ2v) is 5.43. The number of halogens is 1. The Hall–Kier alpha value is -2.04. The first-order chi connectivity index (χ1) is 10.6. The third kappa shape index (κ3) is 4.23. The minimum Gasteiger partial charge on any atom is -0.395 e. The second-order valence-electron chi connectivity index (χ2n) is 4.99. The SMILES string of the molecule is CN(CCO)C(=O)NC(c1ccccc1)c1cccc(Cl)c1. The molecule has 22 heavy (non-hydrogen) atoms. The summed E-state index contributed by atoms with van der Waals surface area (Å²) in [7, 11) is 1.64. The Bertz CT molecular complexity index is 619. The number of carbonyl (C=O) groups excluding carboxylic acids is 1. The van der Waals surface area contributed by atoms with Crippen molar-refractivity contribution in [1.29, 1.82) is 0 Å². The minimum atomic E-state index is -0.298. The average molecular weight is 319 g/mol. The van der Waals surface area contributed by atoms with Crippen molar-refractivity contribution in [2.45, 2.75) is 6.04 Å². The number of urea groups is 1. The van der Waals surface area contributed by atoms with Gasteiger partial charge >= 0.3 is 6.03 Å². The van der Waals surface area contributed by atoms with Gasteiger partial charge in [0.1, 0.15) is 0 Å². The van der Waals surface area contributed by atoms with Crippen LogP contribution in [0.25, 0.3) is 0 Å². The molecule has 2 aromatic rings. The molecular weight excluding hydrogens is 300 g/mol. The molecule has 0 saturated heterocycles. The zero-order valence-corrected chi connectivity index (χ0v) is 13.1. The molecule has 0 spiro atoms. The summed E-state index contributed by atoms with van der Waals surface area (Å²) in [6.45, 7) is 0.208. The Morgan fingerprint density at radius 2 is 1.86 bits per heavy atom. The number of nitrogens with one attached hydrogen (secondary N) is 1. The molecule has 0 radical (unpaired) electrons. The lowest BCUT2D eigenvalue weighted by Gasteiger charge is -2.24. The Balaban J connectivity index is 2.29. The van der Waals surface area contributed by atoms with E-state index in [0.29, 0.717) is 5.02 Å².